The van der Waals surface area contributed by atoms with Crippen LogP contribution in [0.3, 0.4) is 0 Å². The van der Waals surface area contributed by atoms with Crippen LogP contribution in [0.15, 0.2) is 206 Å². The zero-order valence-electron chi connectivity index (χ0n) is 64.9. The van der Waals surface area contributed by atoms with Gasteiger partial charge in [0.05, 0.1) is 93.1 Å². The first kappa shape index (κ1) is 89.9. The number of aliphatic hydroxyl groups is 1. The molecule has 10 atom stereocenters. The molecule has 0 aromatic heterocycles. The van der Waals surface area contributed by atoms with E-state index in [0.717, 1.165) is 59.7 Å². The van der Waals surface area contributed by atoms with Crippen molar-refractivity contribution in [1.82, 2.24) is 0 Å². The molecule has 0 radical (unpaired) electrons. The number of benzene rings is 9. The molecule has 1 unspecified atom stereocenters. The van der Waals surface area contributed by atoms with E-state index >= 15 is 8.78 Å². The second-order valence-corrected chi connectivity index (χ2v) is 43.5. The zero-order valence-corrected chi connectivity index (χ0v) is 72.0. The lowest BCUT2D eigenvalue weighted by atomic mass is 9.69. The number of ketones is 1. The first-order chi connectivity index (χ1) is 57.8. The van der Waals surface area contributed by atoms with Gasteiger partial charge in [0.1, 0.15) is 48.0 Å². The monoisotopic (exact) mass is 1860 g/mol. The summed E-state index contributed by atoms with van der Waals surface area (Å²) >= 11 is 23.6. The van der Waals surface area contributed by atoms with E-state index in [2.05, 4.69) is 0 Å². The second kappa shape index (κ2) is 34.9. The van der Waals surface area contributed by atoms with E-state index < -0.39 is 150 Å². The number of carbonyl (C=O) groups excluding carboxylic acids is 1. The summed E-state index contributed by atoms with van der Waals surface area (Å²) in [4.78, 5) is 11.9. The number of carbonyl (C=O) groups is 1. The van der Waals surface area contributed by atoms with Crippen LogP contribution in [0.1, 0.15) is 105 Å². The Balaban J connectivity index is 0.000000134. The Labute approximate surface area is 720 Å². The van der Waals surface area contributed by atoms with Crippen LogP contribution in [-0.4, -0.2) is 99.7 Å². The Kier molecular flexibility index (Phi) is 25.7. The van der Waals surface area contributed by atoms with E-state index in [9.17, 15) is 78.3 Å². The van der Waals surface area contributed by atoms with Crippen molar-refractivity contribution < 1.29 is 115 Å². The minimum Gasteiger partial charge on any atom is -0.504 e. The van der Waals surface area contributed by atoms with Gasteiger partial charge in [0.2, 0.25) is 0 Å². The van der Waals surface area contributed by atoms with Gasteiger partial charge in [-0.1, -0.05) is 64.1 Å². The lowest BCUT2D eigenvalue weighted by Gasteiger charge is -2.49. The third kappa shape index (κ3) is 15.7. The van der Waals surface area contributed by atoms with Gasteiger partial charge < -0.3 is 28.8 Å². The first-order valence-corrected chi connectivity index (χ1v) is 47.5. The largest absolute Gasteiger partial charge is 0.504 e. The maximum atomic E-state index is 15.4. The molecule has 8 aliphatic rings. The molecule has 9 aromatic carbocycles. The number of aryl methyl sites for hydroxylation is 1. The SMILES string of the molecule is COC=C1CC[C@@]2(S(=O)(=O)c3ccc(Cl)cc3)c3c(F)ccc(F)c3OC[C@H]2C1.Cc1ccc(S(=O)(=O)OC[C@@H]2CC[C@@]3(S(=O)(=O)c4ccc(Cl)cc4)c4c(F)ccc(F)c4OC[C@H]3C2)cc1.O=C1CC[C@@]2(S(=O)(=O)c3ccc(Cl)cc3)c3c(F)ccc(F)c3OC[C@H]2C1.O=S(=O)(c1ccc(Cl)cc1)[C@@]12CCC(CO)C[C@@H]1COc1c(F)ccc(F)c12. The number of hydrogen-bond donors (Lipinski definition) is 1. The van der Waals surface area contributed by atoms with Crippen LogP contribution in [0.4, 0.5) is 35.1 Å². The lowest BCUT2D eigenvalue weighted by molar-refractivity contribution is -0.123. The molecule has 4 aliphatic carbocycles. The molecule has 122 heavy (non-hydrogen) atoms. The average molecular weight is 1870 g/mol. The van der Waals surface area contributed by atoms with Crippen molar-refractivity contribution in [2.45, 2.75) is 127 Å². The summed E-state index contributed by atoms with van der Waals surface area (Å²) in [6.07, 6.45) is 3.29. The van der Waals surface area contributed by atoms with Crippen molar-refractivity contribution in [2.24, 2.45) is 35.5 Å². The van der Waals surface area contributed by atoms with Crippen LogP contribution < -0.4 is 18.9 Å². The number of methoxy groups -OCH3 is 1. The molecule has 17 rings (SSSR count). The number of hydrogen-bond acceptors (Lipinski definition) is 18. The summed E-state index contributed by atoms with van der Waals surface area (Å²) in [5.74, 6) is -11.4. The Bertz CT molecular complexity index is 6190. The quantitative estimate of drug-likeness (QED) is 0.0602. The van der Waals surface area contributed by atoms with Gasteiger partial charge in [-0.25, -0.2) is 68.8 Å². The van der Waals surface area contributed by atoms with Gasteiger partial charge in [-0.2, -0.15) is 8.42 Å². The number of aliphatic hydroxyl groups excluding tert-OH is 1. The molecular formula is C87H78Cl4F8O18S5. The molecule has 18 nitrogen and oxygen atoms in total. The highest BCUT2D eigenvalue weighted by atomic mass is 35.5. The van der Waals surface area contributed by atoms with Crippen LogP contribution in [0.25, 0.3) is 0 Å². The van der Waals surface area contributed by atoms with E-state index in [0.29, 0.717) is 45.8 Å². The van der Waals surface area contributed by atoms with Gasteiger partial charge in [-0.15, -0.1) is 0 Å². The van der Waals surface area contributed by atoms with Gasteiger partial charge in [0.25, 0.3) is 10.1 Å². The highest BCUT2D eigenvalue weighted by Crippen LogP contribution is 2.62. The Morgan fingerprint density at radius 2 is 0.689 bits per heavy atom. The summed E-state index contributed by atoms with van der Waals surface area (Å²) in [5, 5.41) is 11.0. The van der Waals surface area contributed by atoms with E-state index in [4.69, 9.17) is 74.3 Å². The molecular weight excluding hydrogens is 1790 g/mol. The highest BCUT2D eigenvalue weighted by molar-refractivity contribution is 7.93. The van der Waals surface area contributed by atoms with Crippen molar-refractivity contribution in [2.75, 3.05) is 46.8 Å². The van der Waals surface area contributed by atoms with Crippen molar-refractivity contribution >= 4 is 102 Å². The highest BCUT2D eigenvalue weighted by Gasteiger charge is 2.64. The van der Waals surface area contributed by atoms with Gasteiger partial charge >= 0.3 is 0 Å². The van der Waals surface area contributed by atoms with Crippen LogP contribution in [0, 0.1) is 89.0 Å². The standard InChI is InChI=1S/C27H25ClF2O6S2.C21H19ClF2O4S.C20H19ClF2O4S.C19H15ClF2O4S/c1-17-2-6-22(7-3-17)38(33,34)36-15-18-12-13-27(37(31,32)21-8-4-20(28)5-9-21)19(14-18)16-35-26-24(30)11-10-23(29)25(26)27;1-27-11-13-8-9-21(29(25,26)16-4-2-15(22)3-5-16)14(10-13)12-28-20-18(24)7-6-17(23)19(20)21;21-14-1-3-15(4-2-14)28(25,26)20-8-7-12(10-24)9-13(20)11-27-19-17(23)6-5-16(22)18(19)20;20-12-1-3-14(4-2-12)27(24,25)19-8-7-13(23)9-11(19)10-26-18-16(22)6-5-15(21)17(18)19/h2-11,18-19H,12-16H2,1H3;2-7,11,14H,8-10,12H2,1H3;1-6,12-13,24H,7-11H2;1-6,11H,7-10H2/t18-,19-,27+;14-,21+;12?,13-,20+;11-,19+/m1111/s1. The molecule has 1 N–H and O–H groups in total. The van der Waals surface area contributed by atoms with Gasteiger partial charge in [0.15, 0.2) is 85.6 Å². The second-order valence-electron chi connectivity index (χ2n) is 31.3. The fraction of sp³-hybridized carbons (Fsp3) is 0.345. The lowest BCUT2D eigenvalue weighted by Crippen LogP contribution is -2.52. The molecule has 0 saturated heterocycles. The number of sulfone groups is 4. The van der Waals surface area contributed by atoms with E-state index in [-0.39, 0.29) is 167 Å². The minimum atomic E-state index is -4.27. The predicted molar refractivity (Wildman–Crippen MR) is 437 cm³/mol. The Morgan fingerprint density at radius 3 is 1.03 bits per heavy atom. The zero-order chi connectivity index (χ0) is 87.6. The maximum absolute atomic E-state index is 15.4. The predicted octanol–water partition coefficient (Wildman–Crippen LogP) is 19.0. The van der Waals surface area contributed by atoms with E-state index in [1.807, 2.05) is 6.92 Å². The van der Waals surface area contributed by atoms with Crippen molar-refractivity contribution in [3.63, 3.8) is 0 Å². The van der Waals surface area contributed by atoms with Gasteiger partial charge in [0, 0.05) is 63.2 Å². The van der Waals surface area contributed by atoms with Crippen molar-refractivity contribution in [3.05, 3.63) is 276 Å². The number of halogens is 12. The summed E-state index contributed by atoms with van der Waals surface area (Å²) in [6.45, 7) is 1.11. The average Bonchev–Trinajstić information content (AvgIpc) is 0.714. The molecule has 4 aliphatic heterocycles. The third-order valence-electron chi connectivity index (χ3n) is 24.7. The fourth-order valence-electron chi connectivity index (χ4n) is 18.8. The summed E-state index contributed by atoms with van der Waals surface area (Å²) in [7, 11) is -19.2. The Hall–Kier alpha value is -8.34. The summed E-state index contributed by atoms with van der Waals surface area (Å²) in [6, 6.07) is 36.2. The Morgan fingerprint density at radius 1 is 0.393 bits per heavy atom. The molecule has 4 heterocycles. The van der Waals surface area contributed by atoms with Crippen molar-refractivity contribution in [1.29, 1.82) is 0 Å². The van der Waals surface area contributed by atoms with Crippen LogP contribution in [0.5, 0.6) is 23.0 Å². The van der Waals surface area contributed by atoms with Crippen LogP contribution >= 0.6 is 46.4 Å². The molecule has 0 spiro atoms. The molecule has 9 aromatic rings. The number of Topliss-reactive ketones (excluding diaryl/α,β-unsaturated/α-hetero) is 1. The fourth-order valence-corrected chi connectivity index (χ4v) is 29.7. The van der Waals surface area contributed by atoms with Gasteiger partial charge in [-0.05, 0) is 246 Å². The third-order valence-corrected chi connectivity index (χ3v) is 37.3. The molecule has 35 heteroatoms. The van der Waals surface area contributed by atoms with Crippen LogP contribution in [0.2, 0.25) is 20.1 Å². The number of allylic oxidation sites excluding steroid dienone is 1. The number of fused-ring (bicyclic) bond motifs is 12. The van der Waals surface area contributed by atoms with Gasteiger partial charge in [-0.3, -0.25) is 8.98 Å². The number of ether oxygens (including phenoxy) is 5. The topological polar surface area (TPSA) is 263 Å². The van der Waals surface area contributed by atoms with Crippen molar-refractivity contribution in [3.8, 4) is 23.0 Å². The van der Waals surface area contributed by atoms with Crippen LogP contribution in [-0.2, 0) is 82.2 Å². The number of rotatable bonds is 14. The normalized spacial score (nSPS) is 24.8. The first-order valence-electron chi connectivity index (χ1n) is 38.6. The van der Waals surface area contributed by atoms with E-state index in [1.165, 1.54) is 116 Å². The summed E-state index contributed by atoms with van der Waals surface area (Å²) < 4.78 is 280. The minimum absolute atomic E-state index is 0.000796. The van der Waals surface area contributed by atoms with E-state index in [1.54, 1.807) is 18.4 Å². The summed E-state index contributed by atoms with van der Waals surface area (Å²) in [5.41, 5.74) is 0.700. The maximum Gasteiger partial charge on any atom is 0.296 e. The molecule has 0 amide bonds. The molecule has 4 saturated carbocycles. The molecule has 648 valence electrons. The smallest absolute Gasteiger partial charge is 0.296 e. The molecule has 0 bridgehead atoms. The molecule has 4 fully saturated rings.